The quantitative estimate of drug-likeness (QED) is 0.493. The fourth-order valence-electron chi connectivity index (χ4n) is 1.70. The number of Topliss-reactive ketones (excluding diaryl/α,β-unsaturated/α-hetero) is 1. The van der Waals surface area contributed by atoms with Crippen molar-refractivity contribution in [1.82, 2.24) is 0 Å². The molecular formula is C9H10O. The van der Waals surface area contributed by atoms with Crippen LogP contribution in [0.2, 0.25) is 0 Å². The van der Waals surface area contributed by atoms with Crippen LogP contribution in [0.4, 0.5) is 0 Å². The van der Waals surface area contributed by atoms with Crippen molar-refractivity contribution in [3.8, 4) is 0 Å². The fraction of sp³-hybridized carbons (Fsp3) is 0.444. The summed E-state index contributed by atoms with van der Waals surface area (Å²) >= 11 is 0. The molecule has 1 saturated carbocycles. The van der Waals surface area contributed by atoms with E-state index >= 15 is 0 Å². The van der Waals surface area contributed by atoms with E-state index in [0.29, 0.717) is 11.7 Å². The molecule has 10 heavy (non-hydrogen) atoms. The van der Waals surface area contributed by atoms with Crippen LogP contribution in [0.1, 0.15) is 12.8 Å². The van der Waals surface area contributed by atoms with Gasteiger partial charge in [0.05, 0.1) is 0 Å². The minimum absolute atomic E-state index is 0.236. The van der Waals surface area contributed by atoms with E-state index in [0.717, 1.165) is 12.8 Å². The summed E-state index contributed by atoms with van der Waals surface area (Å²) in [5.41, 5.74) is 0. The number of fused-ring (bicyclic) bond motifs is 2. The monoisotopic (exact) mass is 134 g/mol. The molecule has 0 aliphatic heterocycles. The summed E-state index contributed by atoms with van der Waals surface area (Å²) in [5.74, 6) is 1.19. The Balaban J connectivity index is 2.29. The van der Waals surface area contributed by atoms with Crippen molar-refractivity contribution >= 4 is 5.78 Å². The first kappa shape index (κ1) is 5.90. The van der Waals surface area contributed by atoms with E-state index in [9.17, 15) is 4.79 Å². The van der Waals surface area contributed by atoms with Crippen LogP contribution in [-0.2, 0) is 4.79 Å². The van der Waals surface area contributed by atoms with Crippen LogP contribution < -0.4 is 0 Å². The summed E-state index contributed by atoms with van der Waals surface area (Å²) in [6.45, 7) is 0. The molecule has 1 heteroatoms. The van der Waals surface area contributed by atoms with E-state index in [1.807, 2.05) is 12.2 Å². The second-order valence-corrected chi connectivity index (χ2v) is 3.04. The number of carbonyl (C=O) groups excluding carboxylic acids is 1. The Kier molecular flexibility index (Phi) is 1.23. The van der Waals surface area contributed by atoms with Crippen molar-refractivity contribution in [2.24, 2.45) is 11.8 Å². The van der Waals surface area contributed by atoms with Gasteiger partial charge in [0.1, 0.15) is 5.78 Å². The SMILES string of the molecule is O=C1CC2C=CC=CC1C2. The highest BCUT2D eigenvalue weighted by atomic mass is 16.1. The Bertz CT molecular complexity index is 213. The molecule has 2 atom stereocenters. The first-order valence-corrected chi connectivity index (χ1v) is 3.74. The lowest BCUT2D eigenvalue weighted by Crippen LogP contribution is -2.01. The summed E-state index contributed by atoms with van der Waals surface area (Å²) in [5, 5.41) is 0. The van der Waals surface area contributed by atoms with Gasteiger partial charge in [-0.15, -0.1) is 0 Å². The van der Waals surface area contributed by atoms with Gasteiger partial charge >= 0.3 is 0 Å². The highest BCUT2D eigenvalue weighted by Crippen LogP contribution is 2.31. The van der Waals surface area contributed by atoms with Gasteiger partial charge < -0.3 is 0 Å². The van der Waals surface area contributed by atoms with E-state index in [1.165, 1.54) is 0 Å². The number of ketones is 1. The molecule has 0 saturated heterocycles. The summed E-state index contributed by atoms with van der Waals surface area (Å²) in [6, 6.07) is 0. The van der Waals surface area contributed by atoms with Crippen molar-refractivity contribution in [3.05, 3.63) is 24.3 Å². The third-order valence-corrected chi connectivity index (χ3v) is 2.27. The van der Waals surface area contributed by atoms with Crippen molar-refractivity contribution in [3.63, 3.8) is 0 Å². The molecule has 2 rings (SSSR count). The Morgan fingerprint density at radius 3 is 3.00 bits per heavy atom. The van der Waals surface area contributed by atoms with Crippen LogP contribution >= 0.6 is 0 Å². The molecule has 0 aromatic rings. The molecule has 2 aliphatic rings. The van der Waals surface area contributed by atoms with Gasteiger partial charge in [-0.1, -0.05) is 24.3 Å². The van der Waals surface area contributed by atoms with E-state index in [2.05, 4.69) is 12.2 Å². The zero-order valence-corrected chi connectivity index (χ0v) is 5.79. The van der Waals surface area contributed by atoms with Gasteiger partial charge in [-0.2, -0.15) is 0 Å². The van der Waals surface area contributed by atoms with Crippen LogP contribution in [0, 0.1) is 11.8 Å². The van der Waals surface area contributed by atoms with Gasteiger partial charge in [-0.25, -0.2) is 0 Å². The molecule has 0 N–H and O–H groups in total. The fourth-order valence-corrected chi connectivity index (χ4v) is 1.70. The van der Waals surface area contributed by atoms with Crippen molar-refractivity contribution < 1.29 is 4.79 Å². The third-order valence-electron chi connectivity index (χ3n) is 2.27. The van der Waals surface area contributed by atoms with E-state index in [-0.39, 0.29) is 5.92 Å². The molecule has 52 valence electrons. The molecule has 2 unspecified atom stereocenters. The Morgan fingerprint density at radius 1 is 1.30 bits per heavy atom. The third kappa shape index (κ3) is 0.821. The Labute approximate surface area is 60.4 Å². The number of hydrogen-bond donors (Lipinski definition) is 0. The predicted molar refractivity (Wildman–Crippen MR) is 39.5 cm³/mol. The van der Waals surface area contributed by atoms with Crippen molar-refractivity contribution in [1.29, 1.82) is 0 Å². The maximum absolute atomic E-state index is 11.1. The molecule has 0 heterocycles. The number of allylic oxidation sites excluding steroid dienone is 4. The predicted octanol–water partition coefficient (Wildman–Crippen LogP) is 1.71. The average Bonchev–Trinajstić information content (AvgIpc) is 2.18. The van der Waals surface area contributed by atoms with Crippen molar-refractivity contribution in [2.75, 3.05) is 0 Å². The van der Waals surface area contributed by atoms with Crippen LogP contribution in [0.25, 0.3) is 0 Å². The number of rotatable bonds is 0. The maximum atomic E-state index is 11.1. The molecule has 0 amide bonds. The molecule has 0 aromatic carbocycles. The first-order valence-electron chi connectivity index (χ1n) is 3.74. The number of hydrogen-bond acceptors (Lipinski definition) is 1. The molecule has 0 spiro atoms. The first-order chi connectivity index (χ1) is 4.86. The summed E-state index contributed by atoms with van der Waals surface area (Å²) < 4.78 is 0. The molecule has 2 aliphatic carbocycles. The maximum Gasteiger partial charge on any atom is 0.140 e. The topological polar surface area (TPSA) is 17.1 Å². The Hall–Kier alpha value is -0.850. The van der Waals surface area contributed by atoms with Crippen LogP contribution in [-0.4, -0.2) is 5.78 Å². The minimum Gasteiger partial charge on any atom is -0.299 e. The van der Waals surface area contributed by atoms with Gasteiger partial charge in [0.25, 0.3) is 0 Å². The van der Waals surface area contributed by atoms with Crippen LogP contribution in [0.3, 0.4) is 0 Å². The normalized spacial score (nSPS) is 36.6. The van der Waals surface area contributed by atoms with Gasteiger partial charge in [-0.05, 0) is 12.3 Å². The summed E-state index contributed by atoms with van der Waals surface area (Å²) in [4.78, 5) is 11.1. The molecule has 0 aromatic heterocycles. The van der Waals surface area contributed by atoms with Gasteiger partial charge in [0, 0.05) is 12.3 Å². The van der Waals surface area contributed by atoms with Gasteiger partial charge in [0.2, 0.25) is 0 Å². The summed E-state index contributed by atoms with van der Waals surface area (Å²) in [6.07, 6.45) is 10.0. The van der Waals surface area contributed by atoms with Gasteiger partial charge in [0.15, 0.2) is 0 Å². The smallest absolute Gasteiger partial charge is 0.140 e. The molecule has 0 radical (unpaired) electrons. The van der Waals surface area contributed by atoms with Gasteiger partial charge in [-0.3, -0.25) is 4.79 Å². The van der Waals surface area contributed by atoms with Crippen molar-refractivity contribution in [2.45, 2.75) is 12.8 Å². The second-order valence-electron chi connectivity index (χ2n) is 3.04. The lowest BCUT2D eigenvalue weighted by Gasteiger charge is -1.96. The van der Waals surface area contributed by atoms with Crippen LogP contribution in [0.15, 0.2) is 24.3 Å². The average molecular weight is 134 g/mol. The van der Waals surface area contributed by atoms with Crippen LogP contribution in [0.5, 0.6) is 0 Å². The molecule has 1 nitrogen and oxygen atoms in total. The standard InChI is InChI=1S/C9H10O/c10-9-6-7-3-1-2-4-8(9)5-7/h1-4,7-8H,5-6H2. The zero-order chi connectivity index (χ0) is 6.97. The molecule has 1 fully saturated rings. The zero-order valence-electron chi connectivity index (χ0n) is 5.79. The lowest BCUT2D eigenvalue weighted by atomic mass is 10.1. The number of carbonyl (C=O) groups is 1. The van der Waals surface area contributed by atoms with E-state index in [4.69, 9.17) is 0 Å². The van der Waals surface area contributed by atoms with E-state index < -0.39 is 0 Å². The second kappa shape index (κ2) is 2.08. The Morgan fingerprint density at radius 2 is 2.10 bits per heavy atom. The highest BCUT2D eigenvalue weighted by molar-refractivity contribution is 5.85. The largest absolute Gasteiger partial charge is 0.299 e. The highest BCUT2D eigenvalue weighted by Gasteiger charge is 2.29. The molecule has 2 bridgehead atoms. The molecular weight excluding hydrogens is 124 g/mol. The lowest BCUT2D eigenvalue weighted by molar-refractivity contribution is -0.119. The van der Waals surface area contributed by atoms with E-state index in [1.54, 1.807) is 0 Å². The minimum atomic E-state index is 0.236. The summed E-state index contributed by atoms with van der Waals surface area (Å²) in [7, 11) is 0.